The third-order valence-electron chi connectivity index (χ3n) is 4.47. The predicted octanol–water partition coefficient (Wildman–Crippen LogP) is 3.39. The normalized spacial score (nSPS) is 11.4. The number of aryl methyl sites for hydroxylation is 1. The highest BCUT2D eigenvalue weighted by Gasteiger charge is 2.28. The maximum atomic E-state index is 12.2. The van der Waals surface area contributed by atoms with Gasteiger partial charge in [-0.05, 0) is 18.4 Å². The first-order valence-corrected chi connectivity index (χ1v) is 9.02. The molecule has 0 saturated heterocycles. The van der Waals surface area contributed by atoms with E-state index in [1.165, 1.54) is 17.3 Å². The van der Waals surface area contributed by atoms with Gasteiger partial charge in [-0.3, -0.25) is 4.79 Å². The molecule has 0 atom stereocenters. The van der Waals surface area contributed by atoms with Crippen molar-refractivity contribution in [2.45, 2.75) is 37.3 Å². The van der Waals surface area contributed by atoms with Crippen molar-refractivity contribution < 1.29 is 4.79 Å². The fourth-order valence-electron chi connectivity index (χ4n) is 2.74. The van der Waals surface area contributed by atoms with Crippen LogP contribution in [0.25, 0.3) is 0 Å². The molecule has 0 aliphatic carbocycles. The molecular weight excluding hydrogens is 306 g/mol. The van der Waals surface area contributed by atoms with Crippen LogP contribution in [0.5, 0.6) is 0 Å². The van der Waals surface area contributed by atoms with Crippen molar-refractivity contribution in [2.24, 2.45) is 7.05 Å². The average molecular weight is 331 g/mol. The molecule has 5 heteroatoms. The van der Waals surface area contributed by atoms with E-state index in [0.717, 1.165) is 18.0 Å². The molecule has 0 aliphatic heterocycles. The van der Waals surface area contributed by atoms with Crippen LogP contribution in [0.3, 0.4) is 0 Å². The van der Waals surface area contributed by atoms with Gasteiger partial charge in [-0.15, -0.1) is 0 Å². The Hall–Kier alpha value is -1.75. The number of carbonyl (C=O) groups is 1. The summed E-state index contributed by atoms with van der Waals surface area (Å²) in [5.74, 6) is 0.448. The van der Waals surface area contributed by atoms with E-state index in [2.05, 4.69) is 48.4 Å². The summed E-state index contributed by atoms with van der Waals surface area (Å²) in [5, 5.41) is 3.97. The molecule has 1 aromatic heterocycles. The van der Waals surface area contributed by atoms with Gasteiger partial charge in [0, 0.05) is 31.4 Å². The fourth-order valence-corrected chi connectivity index (χ4v) is 3.50. The Balaban J connectivity index is 1.93. The second-order valence-electron chi connectivity index (χ2n) is 5.74. The van der Waals surface area contributed by atoms with Gasteiger partial charge in [-0.2, -0.15) is 0 Å². The van der Waals surface area contributed by atoms with Crippen LogP contribution in [-0.2, 0) is 17.3 Å². The molecule has 1 aromatic carbocycles. The van der Waals surface area contributed by atoms with Crippen LogP contribution in [0.15, 0.2) is 47.9 Å². The van der Waals surface area contributed by atoms with Gasteiger partial charge in [-0.25, -0.2) is 4.98 Å². The van der Waals surface area contributed by atoms with Crippen molar-refractivity contribution in [3.63, 3.8) is 0 Å². The number of benzene rings is 1. The van der Waals surface area contributed by atoms with Gasteiger partial charge in [0.05, 0.1) is 5.75 Å². The van der Waals surface area contributed by atoms with Gasteiger partial charge >= 0.3 is 0 Å². The smallest absolute Gasteiger partial charge is 0.230 e. The summed E-state index contributed by atoms with van der Waals surface area (Å²) in [5.41, 5.74) is 1.30. The number of aromatic nitrogens is 2. The summed E-state index contributed by atoms with van der Waals surface area (Å²) in [6.45, 7) is 5.04. The Bertz CT molecular complexity index is 620. The van der Waals surface area contributed by atoms with Gasteiger partial charge in [0.15, 0.2) is 5.16 Å². The van der Waals surface area contributed by atoms with Crippen LogP contribution >= 0.6 is 11.8 Å². The molecule has 2 rings (SSSR count). The summed E-state index contributed by atoms with van der Waals surface area (Å²) >= 11 is 1.46. The summed E-state index contributed by atoms with van der Waals surface area (Å²) in [6.07, 6.45) is 5.63. The van der Waals surface area contributed by atoms with Crippen molar-refractivity contribution in [1.29, 1.82) is 0 Å². The van der Waals surface area contributed by atoms with Gasteiger partial charge in [0.1, 0.15) is 0 Å². The highest BCUT2D eigenvalue weighted by molar-refractivity contribution is 7.99. The molecular formula is C18H25N3OS. The highest BCUT2D eigenvalue weighted by Crippen LogP contribution is 2.30. The van der Waals surface area contributed by atoms with E-state index in [1.807, 2.05) is 23.9 Å². The zero-order valence-corrected chi connectivity index (χ0v) is 14.9. The van der Waals surface area contributed by atoms with Gasteiger partial charge in [-0.1, -0.05) is 55.9 Å². The standard InChI is InChI=1S/C18H25N3OS/c1-4-18(5-2,15-9-7-6-8-10-15)14-20-16(22)13-23-17-19-11-12-21(17)3/h6-12H,4-5,13-14H2,1-3H3,(H,20,22). The minimum absolute atomic E-state index is 0.00477. The third kappa shape index (κ3) is 4.38. The summed E-state index contributed by atoms with van der Waals surface area (Å²) in [4.78, 5) is 16.4. The Morgan fingerprint density at radius 3 is 2.52 bits per heavy atom. The number of nitrogens with one attached hydrogen (secondary N) is 1. The minimum Gasteiger partial charge on any atom is -0.354 e. The molecule has 23 heavy (non-hydrogen) atoms. The summed E-state index contributed by atoms with van der Waals surface area (Å²) in [6, 6.07) is 10.5. The SMILES string of the molecule is CCC(CC)(CNC(=O)CSc1nccn1C)c1ccccc1. The van der Waals surface area contributed by atoms with Crippen molar-refractivity contribution in [3.05, 3.63) is 48.3 Å². The van der Waals surface area contributed by atoms with E-state index >= 15 is 0 Å². The molecule has 4 nitrogen and oxygen atoms in total. The second-order valence-corrected chi connectivity index (χ2v) is 6.68. The van der Waals surface area contributed by atoms with Crippen LogP contribution < -0.4 is 5.32 Å². The molecule has 1 heterocycles. The molecule has 0 spiro atoms. The molecule has 2 aromatic rings. The Labute approximate surface area is 142 Å². The molecule has 1 amide bonds. The summed E-state index contributed by atoms with van der Waals surface area (Å²) < 4.78 is 1.92. The van der Waals surface area contributed by atoms with Crippen LogP contribution in [0, 0.1) is 0 Å². The lowest BCUT2D eigenvalue weighted by atomic mass is 9.76. The maximum Gasteiger partial charge on any atom is 0.230 e. The van der Waals surface area contributed by atoms with E-state index in [-0.39, 0.29) is 11.3 Å². The highest BCUT2D eigenvalue weighted by atomic mass is 32.2. The monoisotopic (exact) mass is 331 g/mol. The number of hydrogen-bond acceptors (Lipinski definition) is 3. The molecule has 0 fully saturated rings. The molecule has 0 aliphatic rings. The topological polar surface area (TPSA) is 46.9 Å². The number of hydrogen-bond donors (Lipinski definition) is 1. The molecule has 0 radical (unpaired) electrons. The Morgan fingerprint density at radius 2 is 1.96 bits per heavy atom. The minimum atomic E-state index is 0.00477. The number of amides is 1. The van der Waals surface area contributed by atoms with Gasteiger partial charge < -0.3 is 9.88 Å². The zero-order chi connectivity index (χ0) is 16.7. The van der Waals surface area contributed by atoms with Crippen molar-refractivity contribution in [2.75, 3.05) is 12.3 Å². The van der Waals surface area contributed by atoms with Crippen LogP contribution in [0.2, 0.25) is 0 Å². The van der Waals surface area contributed by atoms with Crippen molar-refractivity contribution in [3.8, 4) is 0 Å². The molecule has 0 saturated carbocycles. The van der Waals surface area contributed by atoms with E-state index in [4.69, 9.17) is 0 Å². The first-order chi connectivity index (χ1) is 11.1. The predicted molar refractivity (Wildman–Crippen MR) is 95.6 cm³/mol. The Kier molecular flexibility index (Phi) is 6.28. The van der Waals surface area contributed by atoms with Crippen LogP contribution in [0.4, 0.5) is 0 Å². The number of carbonyl (C=O) groups excluding carboxylic acids is 1. The lowest BCUT2D eigenvalue weighted by Crippen LogP contribution is -2.40. The van der Waals surface area contributed by atoms with E-state index in [0.29, 0.717) is 12.3 Å². The fraction of sp³-hybridized carbons (Fsp3) is 0.444. The lowest BCUT2D eigenvalue weighted by Gasteiger charge is -2.32. The van der Waals surface area contributed by atoms with Gasteiger partial charge in [0.25, 0.3) is 0 Å². The van der Waals surface area contributed by atoms with E-state index < -0.39 is 0 Å². The largest absolute Gasteiger partial charge is 0.354 e. The molecule has 1 N–H and O–H groups in total. The lowest BCUT2D eigenvalue weighted by molar-refractivity contribution is -0.118. The number of thioether (sulfide) groups is 1. The van der Waals surface area contributed by atoms with Crippen molar-refractivity contribution in [1.82, 2.24) is 14.9 Å². The first kappa shape index (κ1) is 17.6. The van der Waals surface area contributed by atoms with Crippen LogP contribution in [-0.4, -0.2) is 27.8 Å². The first-order valence-electron chi connectivity index (χ1n) is 8.03. The van der Waals surface area contributed by atoms with Crippen LogP contribution in [0.1, 0.15) is 32.3 Å². The summed E-state index contributed by atoms with van der Waals surface area (Å²) in [7, 11) is 1.93. The number of rotatable bonds is 8. The van der Waals surface area contributed by atoms with E-state index in [1.54, 1.807) is 6.20 Å². The van der Waals surface area contributed by atoms with Crippen molar-refractivity contribution >= 4 is 17.7 Å². The van der Waals surface area contributed by atoms with Gasteiger partial charge in [0.2, 0.25) is 5.91 Å². The Morgan fingerprint density at radius 1 is 1.26 bits per heavy atom. The maximum absolute atomic E-state index is 12.2. The quantitative estimate of drug-likeness (QED) is 0.754. The molecule has 124 valence electrons. The molecule has 0 unspecified atom stereocenters. The van der Waals surface area contributed by atoms with E-state index in [9.17, 15) is 4.79 Å². The number of imidazole rings is 1. The number of nitrogens with zero attached hydrogens (tertiary/aromatic N) is 2. The zero-order valence-electron chi connectivity index (χ0n) is 14.1. The second kappa shape index (κ2) is 8.20. The third-order valence-corrected chi connectivity index (χ3v) is 5.53. The average Bonchev–Trinajstić information content (AvgIpc) is 3.00. The molecule has 0 bridgehead atoms.